The molecule has 2 fully saturated rings. The fraction of sp³-hybridized carbons (Fsp3) is 0.769. The zero-order valence-corrected chi connectivity index (χ0v) is 11.7. The lowest BCUT2D eigenvalue weighted by Gasteiger charge is -2.38. The molecular formula is C13H22N4O2. The van der Waals surface area contributed by atoms with Gasteiger partial charge in [-0.2, -0.15) is 5.10 Å². The molecule has 0 aliphatic carbocycles. The Hall–Kier alpha value is -1.27. The molecule has 0 aromatic carbocycles. The van der Waals surface area contributed by atoms with Crippen LogP contribution in [0.25, 0.3) is 0 Å². The summed E-state index contributed by atoms with van der Waals surface area (Å²) in [6.07, 6.45) is 2.64. The van der Waals surface area contributed by atoms with Gasteiger partial charge in [-0.05, 0) is 6.42 Å². The molecule has 106 valence electrons. The summed E-state index contributed by atoms with van der Waals surface area (Å²) in [6, 6.07) is 0. The second-order valence-corrected chi connectivity index (χ2v) is 5.26. The second-order valence-electron chi connectivity index (χ2n) is 5.26. The van der Waals surface area contributed by atoms with E-state index in [1.165, 1.54) is 0 Å². The monoisotopic (exact) mass is 266 g/mol. The largest absolute Gasteiger partial charge is 0.394 e. The van der Waals surface area contributed by atoms with Crippen LogP contribution >= 0.6 is 0 Å². The zero-order chi connectivity index (χ0) is 13.5. The predicted octanol–water partition coefficient (Wildman–Crippen LogP) is 0.908. The average Bonchev–Trinajstić information content (AvgIpc) is 2.97. The Balaban J connectivity index is 1.76. The number of rotatable bonds is 2. The highest BCUT2D eigenvalue weighted by Crippen LogP contribution is 2.35. The summed E-state index contributed by atoms with van der Waals surface area (Å²) in [7, 11) is 1.96. The molecule has 0 amide bonds. The Morgan fingerprint density at radius 1 is 1.26 bits per heavy atom. The number of piperidine rings is 1. The highest BCUT2D eigenvalue weighted by atomic mass is 16.7. The number of nitrogens with two attached hydrogens (primary N) is 1. The summed E-state index contributed by atoms with van der Waals surface area (Å²) >= 11 is 0. The van der Waals surface area contributed by atoms with Gasteiger partial charge in [-0.15, -0.1) is 0 Å². The van der Waals surface area contributed by atoms with E-state index in [2.05, 4.69) is 16.9 Å². The maximum absolute atomic E-state index is 6.20. The van der Waals surface area contributed by atoms with E-state index in [9.17, 15) is 0 Å². The van der Waals surface area contributed by atoms with Crippen molar-refractivity contribution in [3.05, 3.63) is 5.69 Å². The van der Waals surface area contributed by atoms with Crippen LogP contribution in [0.3, 0.4) is 0 Å². The smallest absolute Gasteiger partial charge is 0.171 e. The highest BCUT2D eigenvalue weighted by Gasteiger charge is 2.40. The summed E-state index contributed by atoms with van der Waals surface area (Å²) < 4.78 is 13.4. The quantitative estimate of drug-likeness (QED) is 0.862. The van der Waals surface area contributed by atoms with Crippen LogP contribution in [0, 0.1) is 0 Å². The summed E-state index contributed by atoms with van der Waals surface area (Å²) in [5, 5.41) is 4.48. The zero-order valence-electron chi connectivity index (χ0n) is 11.7. The van der Waals surface area contributed by atoms with Crippen molar-refractivity contribution in [3.8, 4) is 0 Å². The number of nitrogen functional groups attached to an aromatic ring is 1. The van der Waals surface area contributed by atoms with Crippen LogP contribution in [0.1, 0.15) is 25.5 Å². The third-order valence-electron chi connectivity index (χ3n) is 4.10. The lowest BCUT2D eigenvalue weighted by molar-refractivity contribution is -0.169. The van der Waals surface area contributed by atoms with E-state index in [0.717, 1.165) is 49.6 Å². The number of ether oxygens (including phenoxy) is 2. The van der Waals surface area contributed by atoms with Gasteiger partial charge in [0.25, 0.3) is 0 Å². The minimum atomic E-state index is -0.336. The van der Waals surface area contributed by atoms with Crippen molar-refractivity contribution >= 4 is 11.5 Å². The van der Waals surface area contributed by atoms with Crippen LogP contribution in [0.4, 0.5) is 11.5 Å². The van der Waals surface area contributed by atoms with E-state index < -0.39 is 0 Å². The van der Waals surface area contributed by atoms with Crippen molar-refractivity contribution in [3.63, 3.8) is 0 Å². The molecule has 2 saturated heterocycles. The molecule has 3 heterocycles. The van der Waals surface area contributed by atoms with Gasteiger partial charge in [0.05, 0.1) is 24.6 Å². The van der Waals surface area contributed by atoms with Crippen molar-refractivity contribution in [2.24, 2.45) is 7.05 Å². The molecule has 2 aliphatic rings. The molecule has 0 unspecified atom stereocenters. The standard InChI is InChI=1S/C13H22N4O2/c1-3-10-11(14)12(16(2)15-10)17-6-4-13(5-7-17)18-8-9-19-13/h3-9,14H2,1-2H3. The Kier molecular flexibility index (Phi) is 3.14. The van der Waals surface area contributed by atoms with Gasteiger partial charge in [0.1, 0.15) is 5.82 Å². The summed E-state index contributed by atoms with van der Waals surface area (Å²) in [4.78, 5) is 2.29. The van der Waals surface area contributed by atoms with E-state index in [1.807, 2.05) is 11.7 Å². The summed E-state index contributed by atoms with van der Waals surface area (Å²) in [6.45, 7) is 5.30. The topological polar surface area (TPSA) is 65.5 Å². The van der Waals surface area contributed by atoms with Crippen LogP contribution in [0.15, 0.2) is 0 Å². The van der Waals surface area contributed by atoms with E-state index in [1.54, 1.807) is 0 Å². The maximum Gasteiger partial charge on any atom is 0.171 e. The maximum atomic E-state index is 6.20. The fourth-order valence-electron chi connectivity index (χ4n) is 3.07. The molecule has 0 radical (unpaired) electrons. The van der Waals surface area contributed by atoms with Crippen LogP contribution in [0.2, 0.25) is 0 Å². The molecule has 0 bridgehead atoms. The van der Waals surface area contributed by atoms with E-state index in [-0.39, 0.29) is 5.79 Å². The lowest BCUT2D eigenvalue weighted by atomic mass is 10.0. The molecule has 6 nitrogen and oxygen atoms in total. The first-order valence-electron chi connectivity index (χ1n) is 6.99. The third kappa shape index (κ3) is 2.08. The first-order valence-corrected chi connectivity index (χ1v) is 6.99. The van der Waals surface area contributed by atoms with E-state index in [0.29, 0.717) is 13.2 Å². The first kappa shape index (κ1) is 12.7. The van der Waals surface area contributed by atoms with Gasteiger partial charge in [0.2, 0.25) is 0 Å². The molecule has 2 aliphatic heterocycles. The molecule has 1 spiro atoms. The van der Waals surface area contributed by atoms with Gasteiger partial charge < -0.3 is 20.1 Å². The summed E-state index contributed by atoms with van der Waals surface area (Å²) in [5.41, 5.74) is 7.99. The molecule has 1 aromatic heterocycles. The molecule has 3 rings (SSSR count). The SMILES string of the molecule is CCc1nn(C)c(N2CCC3(CC2)OCCO3)c1N. The number of aryl methyl sites for hydroxylation is 2. The Morgan fingerprint density at radius 2 is 1.89 bits per heavy atom. The molecule has 0 atom stereocenters. The van der Waals surface area contributed by atoms with Crippen LogP contribution < -0.4 is 10.6 Å². The Morgan fingerprint density at radius 3 is 2.42 bits per heavy atom. The molecule has 1 aromatic rings. The fourth-order valence-corrected chi connectivity index (χ4v) is 3.07. The van der Waals surface area contributed by atoms with Crippen molar-refractivity contribution in [1.82, 2.24) is 9.78 Å². The van der Waals surface area contributed by atoms with Crippen molar-refractivity contribution in [1.29, 1.82) is 0 Å². The normalized spacial score (nSPS) is 22.3. The highest BCUT2D eigenvalue weighted by molar-refractivity contribution is 5.66. The van der Waals surface area contributed by atoms with Gasteiger partial charge >= 0.3 is 0 Å². The Bertz CT molecular complexity index is 455. The van der Waals surface area contributed by atoms with Crippen molar-refractivity contribution in [2.75, 3.05) is 36.9 Å². The van der Waals surface area contributed by atoms with Gasteiger partial charge in [-0.25, -0.2) is 0 Å². The predicted molar refractivity (Wildman–Crippen MR) is 73.1 cm³/mol. The van der Waals surface area contributed by atoms with Gasteiger partial charge in [-0.3, -0.25) is 4.68 Å². The lowest BCUT2D eigenvalue weighted by Crippen LogP contribution is -2.45. The minimum absolute atomic E-state index is 0.336. The number of aromatic nitrogens is 2. The number of nitrogens with zero attached hydrogens (tertiary/aromatic N) is 3. The van der Waals surface area contributed by atoms with Crippen LogP contribution in [-0.2, 0) is 22.9 Å². The van der Waals surface area contributed by atoms with Crippen LogP contribution in [-0.4, -0.2) is 41.9 Å². The van der Waals surface area contributed by atoms with Crippen molar-refractivity contribution < 1.29 is 9.47 Å². The van der Waals surface area contributed by atoms with E-state index in [4.69, 9.17) is 15.2 Å². The first-order chi connectivity index (χ1) is 9.15. The number of anilines is 2. The molecule has 2 N–H and O–H groups in total. The van der Waals surface area contributed by atoms with Gasteiger partial charge in [0.15, 0.2) is 5.79 Å². The van der Waals surface area contributed by atoms with Crippen LogP contribution in [0.5, 0.6) is 0 Å². The van der Waals surface area contributed by atoms with Gasteiger partial charge in [-0.1, -0.05) is 6.92 Å². The molecule has 0 saturated carbocycles. The minimum Gasteiger partial charge on any atom is -0.394 e. The second kappa shape index (κ2) is 4.68. The molecular weight excluding hydrogens is 244 g/mol. The van der Waals surface area contributed by atoms with E-state index >= 15 is 0 Å². The Labute approximate surface area is 113 Å². The number of hydrogen-bond donors (Lipinski definition) is 1. The van der Waals surface area contributed by atoms with Gasteiger partial charge in [0, 0.05) is 33.0 Å². The number of hydrogen-bond acceptors (Lipinski definition) is 5. The summed E-state index contributed by atoms with van der Waals surface area (Å²) in [5.74, 6) is 0.696. The third-order valence-corrected chi connectivity index (χ3v) is 4.10. The average molecular weight is 266 g/mol. The molecule has 19 heavy (non-hydrogen) atoms. The van der Waals surface area contributed by atoms with Crippen molar-refractivity contribution in [2.45, 2.75) is 32.0 Å². The molecule has 6 heteroatoms.